The number of hydrogen-bond acceptors (Lipinski definition) is 4. The average Bonchev–Trinajstić information content (AvgIpc) is 2.90. The van der Waals surface area contributed by atoms with Crippen LogP contribution < -0.4 is 15.0 Å². The fraction of sp³-hybridized carbons (Fsp3) is 0.238. The molecule has 0 saturated heterocycles. The lowest BCUT2D eigenvalue weighted by Crippen LogP contribution is -2.20. The van der Waals surface area contributed by atoms with Crippen molar-refractivity contribution in [2.24, 2.45) is 0 Å². The molecule has 3 aromatic rings. The predicted molar refractivity (Wildman–Crippen MR) is 106 cm³/mol. The van der Waals surface area contributed by atoms with E-state index in [2.05, 4.69) is 6.08 Å². The van der Waals surface area contributed by atoms with Gasteiger partial charge in [0.25, 0.3) is 5.56 Å². The number of rotatable bonds is 1. The van der Waals surface area contributed by atoms with Gasteiger partial charge in [-0.3, -0.25) is 9.36 Å². The van der Waals surface area contributed by atoms with Crippen LogP contribution in [0.3, 0.4) is 0 Å². The van der Waals surface area contributed by atoms with Crippen molar-refractivity contribution in [2.45, 2.75) is 19.4 Å². The van der Waals surface area contributed by atoms with Crippen LogP contribution in [0.5, 0.6) is 11.5 Å². The second-order valence-electron chi connectivity index (χ2n) is 6.70. The van der Waals surface area contributed by atoms with Gasteiger partial charge in [0, 0.05) is 23.6 Å². The van der Waals surface area contributed by atoms with E-state index in [-0.39, 0.29) is 5.56 Å². The Labute approximate surface area is 160 Å². The highest BCUT2D eigenvalue weighted by Gasteiger charge is 2.22. The molecule has 0 N–H and O–H groups in total. The monoisotopic (exact) mass is 380 g/mol. The Morgan fingerprint density at radius 1 is 1.15 bits per heavy atom. The van der Waals surface area contributed by atoms with Gasteiger partial charge in [-0.1, -0.05) is 23.7 Å². The van der Waals surface area contributed by atoms with Crippen molar-refractivity contribution >= 4 is 34.2 Å². The van der Waals surface area contributed by atoms with Crippen LogP contribution in [0.1, 0.15) is 24.2 Å². The molecule has 0 bridgehead atoms. The Bertz CT molecular complexity index is 1150. The zero-order chi connectivity index (χ0) is 18.4. The third-order valence-corrected chi connectivity index (χ3v) is 5.18. The summed E-state index contributed by atoms with van der Waals surface area (Å²) in [7, 11) is 0. The van der Waals surface area contributed by atoms with Crippen molar-refractivity contribution in [1.82, 2.24) is 9.55 Å². The molecule has 0 spiro atoms. The minimum absolute atomic E-state index is 0.0264. The highest BCUT2D eigenvalue weighted by molar-refractivity contribution is 6.31. The van der Waals surface area contributed by atoms with Crippen molar-refractivity contribution in [3.63, 3.8) is 0 Å². The van der Waals surface area contributed by atoms with Gasteiger partial charge in [-0.05, 0) is 42.3 Å². The van der Waals surface area contributed by atoms with Crippen LogP contribution in [-0.4, -0.2) is 22.8 Å². The van der Waals surface area contributed by atoms with Gasteiger partial charge in [0.2, 0.25) is 0 Å². The van der Waals surface area contributed by atoms with Crippen LogP contribution in [0.15, 0.2) is 41.2 Å². The molecule has 0 amide bonds. The maximum absolute atomic E-state index is 12.8. The van der Waals surface area contributed by atoms with E-state index >= 15 is 0 Å². The number of hydrogen-bond donors (Lipinski definition) is 0. The maximum Gasteiger partial charge on any atom is 0.261 e. The Morgan fingerprint density at radius 2 is 2.04 bits per heavy atom. The zero-order valence-electron chi connectivity index (χ0n) is 14.6. The molecule has 2 aliphatic rings. The third-order valence-electron chi connectivity index (χ3n) is 4.94. The van der Waals surface area contributed by atoms with Crippen molar-refractivity contribution in [2.75, 3.05) is 13.2 Å². The van der Waals surface area contributed by atoms with Crippen LogP contribution in [0.25, 0.3) is 22.6 Å². The summed E-state index contributed by atoms with van der Waals surface area (Å²) in [6, 6.07) is 11.1. The van der Waals surface area contributed by atoms with Crippen LogP contribution in [0, 0.1) is 0 Å². The molecule has 2 aliphatic heterocycles. The average molecular weight is 381 g/mol. The molecule has 0 saturated carbocycles. The molecule has 0 fully saturated rings. The minimum Gasteiger partial charge on any atom is -0.490 e. The largest absolute Gasteiger partial charge is 0.490 e. The van der Waals surface area contributed by atoms with Gasteiger partial charge in [-0.2, -0.15) is 0 Å². The van der Waals surface area contributed by atoms with Gasteiger partial charge in [0.05, 0.1) is 24.1 Å². The maximum atomic E-state index is 12.8. The van der Waals surface area contributed by atoms with Crippen LogP contribution in [-0.2, 0) is 6.54 Å². The SMILES string of the molecule is O=c1c2ccc(Cl)cc2nc2n1CC/C2=C\c1cccc2c1OCCCO2. The highest BCUT2D eigenvalue weighted by Crippen LogP contribution is 2.37. The van der Waals surface area contributed by atoms with Crippen LogP contribution in [0.4, 0.5) is 0 Å². The summed E-state index contributed by atoms with van der Waals surface area (Å²) in [5, 5.41) is 1.16. The normalized spacial score (nSPS) is 17.1. The van der Waals surface area contributed by atoms with Crippen LogP contribution in [0.2, 0.25) is 5.02 Å². The fourth-order valence-electron chi connectivity index (χ4n) is 3.65. The molecule has 3 heterocycles. The van der Waals surface area contributed by atoms with E-state index in [0.29, 0.717) is 41.5 Å². The summed E-state index contributed by atoms with van der Waals surface area (Å²) in [4.78, 5) is 17.5. The lowest BCUT2D eigenvalue weighted by atomic mass is 10.1. The molecular weight excluding hydrogens is 364 g/mol. The van der Waals surface area contributed by atoms with E-state index < -0.39 is 0 Å². The molecule has 0 unspecified atom stereocenters. The number of nitrogens with zero attached hydrogens (tertiary/aromatic N) is 2. The quantitative estimate of drug-likeness (QED) is 0.636. The molecule has 1 aromatic heterocycles. The van der Waals surface area contributed by atoms with E-state index in [9.17, 15) is 4.79 Å². The van der Waals surface area contributed by atoms with Gasteiger partial charge >= 0.3 is 0 Å². The minimum atomic E-state index is -0.0264. The molecular formula is C21H17ClN2O3. The van der Waals surface area contributed by atoms with Crippen molar-refractivity contribution in [3.05, 3.63) is 63.2 Å². The second-order valence-corrected chi connectivity index (χ2v) is 7.13. The number of para-hydroxylation sites is 1. The van der Waals surface area contributed by atoms with E-state index in [4.69, 9.17) is 26.1 Å². The molecule has 2 aromatic carbocycles. The van der Waals surface area contributed by atoms with Crippen molar-refractivity contribution in [1.29, 1.82) is 0 Å². The summed E-state index contributed by atoms with van der Waals surface area (Å²) < 4.78 is 13.4. The molecule has 6 heteroatoms. The zero-order valence-corrected chi connectivity index (χ0v) is 15.3. The molecule has 0 atom stereocenters. The first-order chi connectivity index (χ1) is 13.2. The lowest BCUT2D eigenvalue weighted by Gasteiger charge is -2.11. The Hall–Kier alpha value is -2.79. The summed E-state index contributed by atoms with van der Waals surface area (Å²) in [5.74, 6) is 2.21. The molecule has 5 rings (SSSR count). The Balaban J connectivity index is 1.66. The van der Waals surface area contributed by atoms with Crippen molar-refractivity contribution in [3.8, 4) is 11.5 Å². The van der Waals surface area contributed by atoms with Gasteiger partial charge in [0.15, 0.2) is 11.5 Å². The van der Waals surface area contributed by atoms with Crippen molar-refractivity contribution < 1.29 is 9.47 Å². The molecule has 0 radical (unpaired) electrons. The van der Waals surface area contributed by atoms with E-state index in [0.717, 1.165) is 35.5 Å². The van der Waals surface area contributed by atoms with Gasteiger partial charge < -0.3 is 9.47 Å². The summed E-state index contributed by atoms with van der Waals surface area (Å²) in [6.07, 6.45) is 3.66. The number of halogens is 1. The first-order valence-electron chi connectivity index (χ1n) is 9.00. The number of allylic oxidation sites excluding steroid dienone is 1. The topological polar surface area (TPSA) is 53.4 Å². The summed E-state index contributed by atoms with van der Waals surface area (Å²) in [6.45, 7) is 1.90. The second kappa shape index (κ2) is 6.43. The first kappa shape index (κ1) is 16.4. The summed E-state index contributed by atoms with van der Waals surface area (Å²) >= 11 is 6.09. The van der Waals surface area contributed by atoms with Gasteiger partial charge in [-0.25, -0.2) is 4.98 Å². The fourth-order valence-corrected chi connectivity index (χ4v) is 3.81. The number of fused-ring (bicyclic) bond motifs is 3. The lowest BCUT2D eigenvalue weighted by molar-refractivity contribution is 0.296. The summed E-state index contributed by atoms with van der Waals surface area (Å²) in [5.41, 5.74) is 2.55. The van der Waals surface area contributed by atoms with E-state index in [1.54, 1.807) is 22.8 Å². The van der Waals surface area contributed by atoms with Crippen LogP contribution >= 0.6 is 11.6 Å². The Morgan fingerprint density at radius 3 is 2.96 bits per heavy atom. The molecule has 5 nitrogen and oxygen atoms in total. The number of aromatic nitrogens is 2. The standard InChI is InChI=1S/C21H17ClN2O3/c22-15-5-6-16-17(12-15)23-20-14(7-8-24(20)21(16)25)11-13-3-1-4-18-19(13)27-10-2-9-26-18/h1,3-6,11-12H,2,7-10H2/b14-11+. The van der Waals surface area contributed by atoms with E-state index in [1.165, 1.54) is 0 Å². The number of ether oxygens (including phenoxy) is 2. The van der Waals surface area contributed by atoms with E-state index in [1.807, 2.05) is 18.2 Å². The van der Waals surface area contributed by atoms with Gasteiger partial charge in [0.1, 0.15) is 5.82 Å². The predicted octanol–water partition coefficient (Wildman–Crippen LogP) is 4.16. The Kier molecular flexibility index (Phi) is 3.90. The number of benzene rings is 2. The first-order valence-corrected chi connectivity index (χ1v) is 9.38. The molecule has 136 valence electrons. The highest BCUT2D eigenvalue weighted by atomic mass is 35.5. The molecule has 27 heavy (non-hydrogen) atoms. The smallest absolute Gasteiger partial charge is 0.261 e. The third kappa shape index (κ3) is 2.79. The molecule has 0 aliphatic carbocycles. The van der Waals surface area contributed by atoms with Gasteiger partial charge in [-0.15, -0.1) is 0 Å².